The number of fused-ring (bicyclic) bond motifs is 3. The molecule has 5 heterocycles. The molecule has 10 heteroatoms. The molecule has 3 saturated heterocycles. The van der Waals surface area contributed by atoms with Gasteiger partial charge in [0.2, 0.25) is 5.82 Å². The van der Waals surface area contributed by atoms with E-state index in [1.165, 1.54) is 18.5 Å². The quantitative estimate of drug-likeness (QED) is 0.588. The number of halogens is 2. The standard InChI is InChI=1S/C23H24F2N6O2/c24-20-16(1-3-18(21(20)25)33-11-13-5-6-32-10-13)29-23-22-17(27-12-28-23)2-4-19(30-22)31-9-14-7-15(31)8-26-14/h1-4,12-15,26H,5-11H2,(H,27,28,29)/t13-,14+,15+/m1/s1. The molecule has 0 amide bonds. The zero-order chi connectivity index (χ0) is 22.4. The van der Waals surface area contributed by atoms with E-state index in [2.05, 4.69) is 25.5 Å². The summed E-state index contributed by atoms with van der Waals surface area (Å²) in [7, 11) is 0. The molecule has 3 aromatic rings. The van der Waals surface area contributed by atoms with Gasteiger partial charge in [-0.05, 0) is 37.1 Å². The van der Waals surface area contributed by atoms with Crippen molar-refractivity contribution in [3.8, 4) is 5.75 Å². The summed E-state index contributed by atoms with van der Waals surface area (Å²) in [6.07, 6.45) is 3.33. The van der Waals surface area contributed by atoms with Crippen LogP contribution in [0.5, 0.6) is 5.75 Å². The first-order chi connectivity index (χ1) is 16.2. The maximum absolute atomic E-state index is 14.9. The Morgan fingerprint density at radius 3 is 2.91 bits per heavy atom. The van der Waals surface area contributed by atoms with E-state index in [1.54, 1.807) is 0 Å². The van der Waals surface area contributed by atoms with Gasteiger partial charge in [0.15, 0.2) is 17.4 Å². The Labute approximate surface area is 189 Å². The summed E-state index contributed by atoms with van der Waals surface area (Å²) >= 11 is 0. The van der Waals surface area contributed by atoms with E-state index in [0.29, 0.717) is 48.8 Å². The highest BCUT2D eigenvalue weighted by atomic mass is 19.2. The zero-order valence-electron chi connectivity index (χ0n) is 17.9. The van der Waals surface area contributed by atoms with Crippen LogP contribution in [0.2, 0.25) is 0 Å². The smallest absolute Gasteiger partial charge is 0.202 e. The van der Waals surface area contributed by atoms with Crippen LogP contribution in [0.25, 0.3) is 11.0 Å². The van der Waals surface area contributed by atoms with Crippen LogP contribution in [0.3, 0.4) is 0 Å². The lowest BCUT2D eigenvalue weighted by atomic mass is 10.1. The fourth-order valence-corrected chi connectivity index (χ4v) is 4.81. The summed E-state index contributed by atoms with van der Waals surface area (Å²) in [6.45, 7) is 3.38. The number of anilines is 3. The molecule has 0 aliphatic carbocycles. The van der Waals surface area contributed by atoms with Crippen LogP contribution in [-0.4, -0.2) is 59.9 Å². The van der Waals surface area contributed by atoms with Crippen LogP contribution in [0.4, 0.5) is 26.1 Å². The van der Waals surface area contributed by atoms with Crippen LogP contribution in [0.1, 0.15) is 12.8 Å². The third kappa shape index (κ3) is 3.83. The number of pyridine rings is 1. The number of piperazine rings is 1. The highest BCUT2D eigenvalue weighted by Crippen LogP contribution is 2.32. The number of nitrogens with zero attached hydrogens (tertiary/aromatic N) is 4. The summed E-state index contributed by atoms with van der Waals surface area (Å²) in [5.41, 5.74) is 1.09. The van der Waals surface area contributed by atoms with Gasteiger partial charge in [-0.15, -0.1) is 0 Å². The number of nitrogens with one attached hydrogen (secondary N) is 2. The third-order valence-corrected chi connectivity index (χ3v) is 6.62. The van der Waals surface area contributed by atoms with Gasteiger partial charge in [-0.3, -0.25) is 0 Å². The first-order valence-electron chi connectivity index (χ1n) is 11.2. The van der Waals surface area contributed by atoms with E-state index >= 15 is 0 Å². The summed E-state index contributed by atoms with van der Waals surface area (Å²) in [5, 5.41) is 6.37. The molecular formula is C23H24F2N6O2. The highest BCUT2D eigenvalue weighted by molar-refractivity contribution is 5.88. The normalized spacial score (nSPS) is 24.1. The third-order valence-electron chi connectivity index (χ3n) is 6.62. The van der Waals surface area contributed by atoms with Gasteiger partial charge in [0.25, 0.3) is 0 Å². The first kappa shape index (κ1) is 20.5. The van der Waals surface area contributed by atoms with E-state index < -0.39 is 11.6 Å². The molecule has 33 heavy (non-hydrogen) atoms. The number of hydrogen-bond acceptors (Lipinski definition) is 8. The van der Waals surface area contributed by atoms with Crippen molar-refractivity contribution in [3.05, 3.63) is 42.2 Å². The molecule has 3 atom stereocenters. The van der Waals surface area contributed by atoms with E-state index in [-0.39, 0.29) is 17.4 Å². The van der Waals surface area contributed by atoms with Gasteiger partial charge in [0.1, 0.15) is 17.7 Å². The molecule has 3 aliphatic heterocycles. The molecule has 2 bridgehead atoms. The van der Waals surface area contributed by atoms with E-state index in [1.807, 2.05) is 12.1 Å². The van der Waals surface area contributed by atoms with Gasteiger partial charge in [-0.1, -0.05) is 0 Å². The van der Waals surface area contributed by atoms with Crippen molar-refractivity contribution in [2.75, 3.05) is 43.1 Å². The minimum absolute atomic E-state index is 0.0410. The van der Waals surface area contributed by atoms with E-state index in [0.717, 1.165) is 31.7 Å². The van der Waals surface area contributed by atoms with E-state index in [4.69, 9.17) is 14.5 Å². The van der Waals surface area contributed by atoms with Gasteiger partial charge >= 0.3 is 0 Å². The Morgan fingerprint density at radius 1 is 1.18 bits per heavy atom. The fraction of sp³-hybridized carbons (Fsp3) is 0.435. The second kappa shape index (κ2) is 8.35. The molecule has 0 spiro atoms. The Morgan fingerprint density at radius 2 is 2.12 bits per heavy atom. The van der Waals surface area contributed by atoms with Crippen molar-refractivity contribution in [1.82, 2.24) is 20.3 Å². The van der Waals surface area contributed by atoms with Crippen molar-refractivity contribution in [3.63, 3.8) is 0 Å². The van der Waals surface area contributed by atoms with E-state index in [9.17, 15) is 8.78 Å². The lowest BCUT2D eigenvalue weighted by molar-refractivity contribution is 0.165. The molecule has 0 radical (unpaired) electrons. The predicted molar refractivity (Wildman–Crippen MR) is 119 cm³/mol. The molecule has 6 rings (SSSR count). The van der Waals surface area contributed by atoms with Gasteiger partial charge in [-0.2, -0.15) is 4.39 Å². The lowest BCUT2D eigenvalue weighted by Crippen LogP contribution is -2.44. The maximum Gasteiger partial charge on any atom is 0.202 e. The fourth-order valence-electron chi connectivity index (χ4n) is 4.81. The van der Waals surface area contributed by atoms with Crippen LogP contribution < -0.4 is 20.3 Å². The number of benzene rings is 1. The lowest BCUT2D eigenvalue weighted by Gasteiger charge is -2.28. The monoisotopic (exact) mass is 454 g/mol. The van der Waals surface area contributed by atoms with Crippen molar-refractivity contribution in [1.29, 1.82) is 0 Å². The van der Waals surface area contributed by atoms with Gasteiger partial charge < -0.3 is 25.0 Å². The topological polar surface area (TPSA) is 84.4 Å². The van der Waals surface area contributed by atoms with Gasteiger partial charge in [0.05, 0.1) is 24.4 Å². The second-order valence-electron chi connectivity index (χ2n) is 8.81. The molecule has 1 aromatic carbocycles. The Kier molecular flexibility index (Phi) is 5.18. The SMILES string of the molecule is Fc1c(Nc2ncnc3ccc(N4C[C@@H]5C[C@H]4CN5)nc23)ccc(OC[C@@H]2CCOC2)c1F. The molecule has 8 nitrogen and oxygen atoms in total. The molecular weight excluding hydrogens is 430 g/mol. The average molecular weight is 454 g/mol. The van der Waals surface area contributed by atoms with Crippen molar-refractivity contribution in [2.45, 2.75) is 24.9 Å². The second-order valence-corrected chi connectivity index (χ2v) is 8.81. The summed E-state index contributed by atoms with van der Waals surface area (Å²) < 4.78 is 40.3. The maximum atomic E-state index is 14.9. The Bertz CT molecular complexity index is 1190. The van der Waals surface area contributed by atoms with Crippen LogP contribution in [0, 0.1) is 17.6 Å². The molecule has 3 fully saturated rings. The van der Waals surface area contributed by atoms with Crippen molar-refractivity contribution < 1.29 is 18.3 Å². The molecule has 0 saturated carbocycles. The first-order valence-corrected chi connectivity index (χ1v) is 11.2. The van der Waals surface area contributed by atoms with Gasteiger partial charge in [-0.25, -0.2) is 19.3 Å². The number of rotatable bonds is 6. The predicted octanol–water partition coefficient (Wildman–Crippen LogP) is 3.01. The van der Waals surface area contributed by atoms with Crippen molar-refractivity contribution in [2.24, 2.45) is 5.92 Å². The minimum Gasteiger partial charge on any atom is -0.490 e. The summed E-state index contributed by atoms with van der Waals surface area (Å²) in [6, 6.07) is 7.59. The zero-order valence-corrected chi connectivity index (χ0v) is 17.9. The van der Waals surface area contributed by atoms with Crippen LogP contribution in [-0.2, 0) is 4.74 Å². The Balaban J connectivity index is 1.26. The van der Waals surface area contributed by atoms with Crippen molar-refractivity contribution >= 4 is 28.4 Å². The number of ether oxygens (including phenoxy) is 2. The van der Waals surface area contributed by atoms with Crippen LogP contribution >= 0.6 is 0 Å². The minimum atomic E-state index is -1.04. The molecule has 2 N–H and O–H groups in total. The molecule has 2 aromatic heterocycles. The van der Waals surface area contributed by atoms with Crippen LogP contribution in [0.15, 0.2) is 30.6 Å². The molecule has 0 unspecified atom stereocenters. The number of aromatic nitrogens is 3. The summed E-state index contributed by atoms with van der Waals surface area (Å²) in [4.78, 5) is 15.6. The Hall–Kier alpha value is -3.11. The summed E-state index contributed by atoms with van der Waals surface area (Å²) in [5.74, 6) is -0.831. The van der Waals surface area contributed by atoms with Gasteiger partial charge in [0, 0.05) is 37.7 Å². The molecule has 3 aliphatic rings. The number of hydrogen-bond donors (Lipinski definition) is 2. The average Bonchev–Trinajstić information content (AvgIpc) is 3.60. The highest BCUT2D eigenvalue weighted by Gasteiger charge is 2.38. The largest absolute Gasteiger partial charge is 0.490 e. The molecule has 172 valence electrons.